The van der Waals surface area contributed by atoms with E-state index in [2.05, 4.69) is 112 Å². The molecule has 0 amide bonds. The number of aliphatic imine (C=N–C) groups is 3. The quantitative estimate of drug-likeness (QED) is 0.130. The molecule has 0 bridgehead atoms. The third kappa shape index (κ3) is 8.92. The molecule has 5 aromatic rings. The summed E-state index contributed by atoms with van der Waals surface area (Å²) < 4.78 is 2.43. The second-order valence-corrected chi connectivity index (χ2v) is 12.5. The minimum Gasteiger partial charge on any atom is -0.298 e. The summed E-state index contributed by atoms with van der Waals surface area (Å²) in [6, 6.07) is 42.4. The van der Waals surface area contributed by atoms with Crippen LogP contribution in [0, 0.1) is 0 Å². The van der Waals surface area contributed by atoms with Gasteiger partial charge in [-0.15, -0.1) is 0 Å². The second kappa shape index (κ2) is 17.4. The first-order valence-corrected chi connectivity index (χ1v) is 17.1. The van der Waals surface area contributed by atoms with Gasteiger partial charge in [0.1, 0.15) is 5.84 Å². The molecule has 4 nitrogen and oxygen atoms in total. The molecule has 0 saturated heterocycles. The fraction of sp³-hybridized carbons (Fsp3) is 0.381. The first-order valence-electron chi connectivity index (χ1n) is 17.1. The fourth-order valence-corrected chi connectivity index (χ4v) is 6.80. The molecule has 0 atom stereocenters. The largest absolute Gasteiger partial charge is 0.298 e. The maximum atomic E-state index is 5.37. The van der Waals surface area contributed by atoms with Gasteiger partial charge in [-0.1, -0.05) is 143 Å². The Labute approximate surface area is 276 Å². The molecule has 2 aliphatic rings. The number of benzene rings is 4. The number of rotatable bonds is 7. The number of fused-ring (bicyclic) bond motifs is 3. The van der Waals surface area contributed by atoms with Gasteiger partial charge in [0.25, 0.3) is 0 Å². The standard InChI is InChI=1S/C27H28N2.C14H18N2.CH4/c1-3-11-21(12-4-1)19-20-27(28-22-13-5-2-6-14-22)29-25-17-9-7-15-23(25)24-16-8-10-18-26(24)29;1-3-7-13(8-4-1)11-15-12-16-14-9-5-2-6-10-14;/h1,3-4,7-12,15-18,22H,2,5-6,13-14,19-20H2;1,3-4,7-8,14H,2,5-6,9-11H2;1H4. The highest BCUT2D eigenvalue weighted by Gasteiger charge is 2.18. The van der Waals surface area contributed by atoms with E-state index in [1.165, 1.54) is 103 Å². The van der Waals surface area contributed by atoms with E-state index in [0.29, 0.717) is 18.6 Å². The van der Waals surface area contributed by atoms with Gasteiger partial charge in [-0.2, -0.15) is 0 Å². The van der Waals surface area contributed by atoms with Crippen molar-refractivity contribution in [2.45, 2.75) is 103 Å². The van der Waals surface area contributed by atoms with Crippen molar-refractivity contribution in [3.8, 4) is 0 Å². The summed E-state index contributed by atoms with van der Waals surface area (Å²) >= 11 is 0. The average molecular weight is 611 g/mol. The molecular weight excluding hydrogens is 560 g/mol. The van der Waals surface area contributed by atoms with Gasteiger partial charge in [-0.25, -0.2) is 9.98 Å². The van der Waals surface area contributed by atoms with Crippen LogP contribution in [0.15, 0.2) is 124 Å². The molecule has 2 saturated carbocycles. The zero-order chi connectivity index (χ0) is 30.5. The number of para-hydroxylation sites is 2. The van der Waals surface area contributed by atoms with Crippen LogP contribution < -0.4 is 0 Å². The van der Waals surface area contributed by atoms with Crippen LogP contribution in [0.1, 0.15) is 89.2 Å². The van der Waals surface area contributed by atoms with Crippen LogP contribution in [-0.4, -0.2) is 28.5 Å². The third-order valence-corrected chi connectivity index (χ3v) is 9.21. The van der Waals surface area contributed by atoms with E-state index in [1.807, 2.05) is 18.2 Å². The van der Waals surface area contributed by atoms with Crippen molar-refractivity contribution < 1.29 is 0 Å². The molecule has 4 heteroatoms. The van der Waals surface area contributed by atoms with Gasteiger partial charge in [0, 0.05) is 17.2 Å². The van der Waals surface area contributed by atoms with Crippen molar-refractivity contribution in [3.05, 3.63) is 120 Å². The van der Waals surface area contributed by atoms with Crippen molar-refractivity contribution >= 4 is 33.6 Å². The smallest absolute Gasteiger partial charge is 0.109 e. The van der Waals surface area contributed by atoms with E-state index < -0.39 is 0 Å². The number of nitrogens with zero attached hydrogens (tertiary/aromatic N) is 4. The topological polar surface area (TPSA) is 42.0 Å². The van der Waals surface area contributed by atoms with Crippen LogP contribution in [0.5, 0.6) is 0 Å². The summed E-state index contributed by atoms with van der Waals surface area (Å²) in [5, 5.41) is 2.64. The second-order valence-electron chi connectivity index (χ2n) is 12.5. The maximum absolute atomic E-state index is 5.37. The van der Waals surface area contributed by atoms with E-state index >= 15 is 0 Å². The Balaban J connectivity index is 0.000000209. The Hall–Kier alpha value is -4.27. The first-order chi connectivity index (χ1) is 22.3. The van der Waals surface area contributed by atoms with Gasteiger partial charge in [0.15, 0.2) is 0 Å². The van der Waals surface area contributed by atoms with Crippen LogP contribution in [-0.2, 0) is 13.0 Å². The lowest BCUT2D eigenvalue weighted by Crippen LogP contribution is -2.19. The lowest BCUT2D eigenvalue weighted by atomic mass is 9.96. The maximum Gasteiger partial charge on any atom is 0.109 e. The molecule has 2 fully saturated rings. The Morgan fingerprint density at radius 1 is 0.587 bits per heavy atom. The average Bonchev–Trinajstić information content (AvgIpc) is 3.45. The molecule has 0 radical (unpaired) electrons. The summed E-state index contributed by atoms with van der Waals surface area (Å²) in [7, 11) is 0. The fourth-order valence-electron chi connectivity index (χ4n) is 6.80. The van der Waals surface area contributed by atoms with E-state index in [4.69, 9.17) is 4.99 Å². The molecule has 1 heterocycles. The van der Waals surface area contributed by atoms with Crippen LogP contribution in [0.25, 0.3) is 21.8 Å². The van der Waals surface area contributed by atoms with E-state index in [1.54, 1.807) is 0 Å². The zero-order valence-electron chi connectivity index (χ0n) is 26.5. The highest BCUT2D eigenvalue weighted by atomic mass is 15.1. The Morgan fingerprint density at radius 3 is 1.67 bits per heavy atom. The van der Waals surface area contributed by atoms with Gasteiger partial charge in [-0.05, 0) is 55.4 Å². The van der Waals surface area contributed by atoms with E-state index in [0.717, 1.165) is 12.8 Å². The van der Waals surface area contributed by atoms with Crippen molar-refractivity contribution in [2.24, 2.45) is 15.0 Å². The molecule has 0 N–H and O–H groups in total. The summed E-state index contributed by atoms with van der Waals surface area (Å²) in [5.74, 6) is 1.22. The molecule has 0 aliphatic heterocycles. The highest BCUT2D eigenvalue weighted by molar-refractivity contribution is 6.14. The Morgan fingerprint density at radius 2 is 1.09 bits per heavy atom. The molecule has 4 aromatic carbocycles. The van der Waals surface area contributed by atoms with Crippen molar-refractivity contribution in [2.75, 3.05) is 0 Å². The van der Waals surface area contributed by atoms with Crippen LogP contribution >= 0.6 is 0 Å². The zero-order valence-corrected chi connectivity index (χ0v) is 26.5. The molecule has 7 rings (SSSR count). The summed E-state index contributed by atoms with van der Waals surface area (Å²) in [5.41, 5.74) is 5.14. The summed E-state index contributed by atoms with van der Waals surface area (Å²) in [6.07, 6.45) is 14.9. The normalized spacial score (nSPS) is 15.8. The van der Waals surface area contributed by atoms with Gasteiger partial charge in [-0.3, -0.25) is 9.56 Å². The summed E-state index contributed by atoms with van der Waals surface area (Å²) in [6.45, 7) is 0.692. The highest BCUT2D eigenvalue weighted by Crippen LogP contribution is 2.30. The Kier molecular flexibility index (Phi) is 12.5. The van der Waals surface area contributed by atoms with Crippen molar-refractivity contribution in [1.82, 2.24) is 4.57 Å². The number of aryl methyl sites for hydroxylation is 1. The first kappa shape index (κ1) is 33.1. The molecule has 46 heavy (non-hydrogen) atoms. The predicted molar refractivity (Wildman–Crippen MR) is 198 cm³/mol. The molecule has 0 unspecified atom stereocenters. The lowest BCUT2D eigenvalue weighted by Gasteiger charge is -2.21. The minimum atomic E-state index is 0. The van der Waals surface area contributed by atoms with Crippen LogP contribution in [0.4, 0.5) is 0 Å². The minimum absolute atomic E-state index is 0. The third-order valence-electron chi connectivity index (χ3n) is 9.21. The Bertz CT molecular complexity index is 1660. The monoisotopic (exact) mass is 610 g/mol. The van der Waals surface area contributed by atoms with Crippen molar-refractivity contribution in [1.29, 1.82) is 0 Å². The van der Waals surface area contributed by atoms with Crippen molar-refractivity contribution in [3.63, 3.8) is 0 Å². The number of hydrogen-bond donors (Lipinski definition) is 0. The lowest BCUT2D eigenvalue weighted by molar-refractivity contribution is 0.442. The SMILES string of the molecule is C.C(=NCc1ccccc1)=NC1CCCCC1.c1ccc(CCC(=NC2CCCCC2)n2c3ccccc3c3ccccc32)cc1. The predicted octanol–water partition coefficient (Wildman–Crippen LogP) is 11.3. The molecular formula is C42H50N4. The van der Waals surface area contributed by atoms with Crippen LogP contribution in [0.3, 0.4) is 0 Å². The van der Waals surface area contributed by atoms with Gasteiger partial charge >= 0.3 is 0 Å². The molecule has 238 valence electrons. The summed E-state index contributed by atoms with van der Waals surface area (Å²) in [4.78, 5) is 14.0. The molecule has 2 aliphatic carbocycles. The van der Waals surface area contributed by atoms with Gasteiger partial charge in [0.05, 0.1) is 35.7 Å². The van der Waals surface area contributed by atoms with E-state index in [-0.39, 0.29) is 7.43 Å². The number of aromatic nitrogens is 1. The van der Waals surface area contributed by atoms with Gasteiger partial charge in [0.2, 0.25) is 0 Å². The molecule has 1 aromatic heterocycles. The van der Waals surface area contributed by atoms with Crippen LogP contribution in [0.2, 0.25) is 0 Å². The van der Waals surface area contributed by atoms with Gasteiger partial charge < -0.3 is 0 Å². The number of hydrogen-bond acceptors (Lipinski definition) is 3. The molecule has 0 spiro atoms. The van der Waals surface area contributed by atoms with E-state index in [9.17, 15) is 0 Å².